The molecule has 3 heterocycles. The van der Waals surface area contributed by atoms with E-state index in [1.807, 2.05) is 49.1 Å². The van der Waals surface area contributed by atoms with Crippen molar-refractivity contribution in [3.63, 3.8) is 0 Å². The van der Waals surface area contributed by atoms with E-state index >= 15 is 0 Å². The summed E-state index contributed by atoms with van der Waals surface area (Å²) in [6, 6.07) is 9.98. The first-order valence-electron chi connectivity index (χ1n) is 10.6. The summed E-state index contributed by atoms with van der Waals surface area (Å²) in [5, 5.41) is 0.689. The van der Waals surface area contributed by atoms with Crippen LogP contribution in [0.2, 0.25) is 5.02 Å². The Kier molecular flexibility index (Phi) is 6.00. The fourth-order valence-corrected chi connectivity index (χ4v) is 5.00. The number of hydrogen-bond donors (Lipinski definition) is 1. The van der Waals surface area contributed by atoms with Crippen LogP contribution < -0.4 is 5.73 Å². The Morgan fingerprint density at radius 1 is 1.17 bits per heavy atom. The second-order valence-electron chi connectivity index (χ2n) is 8.42. The molecule has 156 valence electrons. The lowest BCUT2D eigenvalue weighted by Crippen LogP contribution is -2.45. The van der Waals surface area contributed by atoms with Crippen molar-refractivity contribution in [3.8, 4) is 5.69 Å². The lowest BCUT2D eigenvalue weighted by Gasteiger charge is -2.38. The van der Waals surface area contributed by atoms with Crippen molar-refractivity contribution in [3.05, 3.63) is 52.3 Å². The maximum absolute atomic E-state index is 13.3. The van der Waals surface area contributed by atoms with Crippen molar-refractivity contribution in [1.82, 2.24) is 9.47 Å². The number of rotatable bonds is 3. The molecule has 0 aliphatic carbocycles. The minimum absolute atomic E-state index is 0.117. The molecule has 0 spiro atoms. The van der Waals surface area contributed by atoms with Crippen LogP contribution in [0.4, 0.5) is 0 Å². The second kappa shape index (κ2) is 8.50. The van der Waals surface area contributed by atoms with Gasteiger partial charge in [0.1, 0.15) is 0 Å². The van der Waals surface area contributed by atoms with Gasteiger partial charge in [-0.05, 0) is 69.7 Å². The highest BCUT2D eigenvalue weighted by Gasteiger charge is 2.33. The largest absolute Gasteiger partial charge is 0.378 e. The molecule has 0 saturated carbocycles. The smallest absolute Gasteiger partial charge is 0.255 e. The van der Waals surface area contributed by atoms with E-state index < -0.39 is 0 Å². The van der Waals surface area contributed by atoms with Crippen molar-refractivity contribution in [2.45, 2.75) is 51.7 Å². The molecule has 2 aliphatic heterocycles. The molecule has 2 unspecified atom stereocenters. The Morgan fingerprint density at radius 2 is 1.93 bits per heavy atom. The first kappa shape index (κ1) is 20.5. The van der Waals surface area contributed by atoms with Crippen molar-refractivity contribution < 1.29 is 9.53 Å². The average Bonchev–Trinajstić information content (AvgIpc) is 3.01. The van der Waals surface area contributed by atoms with E-state index in [0.29, 0.717) is 10.9 Å². The van der Waals surface area contributed by atoms with Crippen LogP contribution in [0.25, 0.3) is 5.69 Å². The third kappa shape index (κ3) is 4.23. The van der Waals surface area contributed by atoms with E-state index in [2.05, 4.69) is 4.57 Å². The Morgan fingerprint density at radius 3 is 2.62 bits per heavy atom. The predicted octanol–water partition coefficient (Wildman–Crippen LogP) is 4.11. The van der Waals surface area contributed by atoms with Crippen molar-refractivity contribution in [2.75, 3.05) is 19.7 Å². The summed E-state index contributed by atoms with van der Waals surface area (Å²) in [5.41, 5.74) is 9.87. The minimum atomic E-state index is 0.117. The molecule has 2 N–H and O–H groups in total. The quantitative estimate of drug-likeness (QED) is 0.820. The molecule has 1 aromatic heterocycles. The van der Waals surface area contributed by atoms with Gasteiger partial charge in [-0.1, -0.05) is 17.7 Å². The molecule has 4 rings (SSSR count). The number of carbonyl (C=O) groups excluding carboxylic acids is 1. The number of amides is 1. The number of ether oxygens (including phenoxy) is 1. The molecule has 1 amide bonds. The number of hydrogen-bond acceptors (Lipinski definition) is 3. The molecule has 0 bridgehead atoms. The van der Waals surface area contributed by atoms with Crippen LogP contribution in [0, 0.1) is 19.8 Å². The van der Waals surface area contributed by atoms with Gasteiger partial charge < -0.3 is 19.9 Å². The van der Waals surface area contributed by atoms with Gasteiger partial charge in [-0.25, -0.2) is 0 Å². The third-order valence-corrected chi connectivity index (χ3v) is 6.67. The van der Waals surface area contributed by atoms with E-state index in [0.717, 1.165) is 68.0 Å². The molecular weight excluding hydrogens is 386 g/mol. The zero-order chi connectivity index (χ0) is 20.5. The van der Waals surface area contributed by atoms with Crippen LogP contribution in [0.1, 0.15) is 47.4 Å². The molecule has 29 heavy (non-hydrogen) atoms. The summed E-state index contributed by atoms with van der Waals surface area (Å²) in [5.74, 6) is 0.621. The molecule has 2 aromatic rings. The van der Waals surface area contributed by atoms with Crippen molar-refractivity contribution >= 4 is 17.5 Å². The average molecular weight is 416 g/mol. The maximum atomic E-state index is 13.3. The van der Waals surface area contributed by atoms with Gasteiger partial charge in [0.25, 0.3) is 5.91 Å². The highest BCUT2D eigenvalue weighted by atomic mass is 35.5. The lowest BCUT2D eigenvalue weighted by atomic mass is 9.86. The third-order valence-electron chi connectivity index (χ3n) is 6.44. The van der Waals surface area contributed by atoms with Gasteiger partial charge in [-0.2, -0.15) is 0 Å². The fraction of sp³-hybridized carbons (Fsp3) is 0.522. The van der Waals surface area contributed by atoms with Crippen LogP contribution in [-0.2, 0) is 4.74 Å². The molecule has 2 saturated heterocycles. The molecule has 6 heteroatoms. The lowest BCUT2D eigenvalue weighted by molar-refractivity contribution is -0.0419. The van der Waals surface area contributed by atoms with Crippen LogP contribution in [0.5, 0.6) is 0 Å². The summed E-state index contributed by atoms with van der Waals surface area (Å²) in [6.45, 7) is 6.35. The van der Waals surface area contributed by atoms with Gasteiger partial charge in [0, 0.05) is 47.8 Å². The molecule has 5 nitrogen and oxygen atoms in total. The van der Waals surface area contributed by atoms with E-state index in [4.69, 9.17) is 22.1 Å². The number of carbonyl (C=O) groups is 1. The number of aryl methyl sites for hydroxylation is 1. The summed E-state index contributed by atoms with van der Waals surface area (Å²) in [6.07, 6.45) is 4.12. The number of piperidine rings is 1. The van der Waals surface area contributed by atoms with Gasteiger partial charge in [-0.15, -0.1) is 0 Å². The molecule has 1 aromatic carbocycles. The number of halogens is 1. The van der Waals surface area contributed by atoms with E-state index in [1.165, 1.54) is 0 Å². The predicted molar refractivity (Wildman–Crippen MR) is 116 cm³/mol. The van der Waals surface area contributed by atoms with Gasteiger partial charge in [0.15, 0.2) is 0 Å². The van der Waals surface area contributed by atoms with Crippen LogP contribution >= 0.6 is 11.6 Å². The van der Waals surface area contributed by atoms with Gasteiger partial charge in [-0.3, -0.25) is 4.79 Å². The van der Waals surface area contributed by atoms with Crippen LogP contribution in [0.15, 0.2) is 30.3 Å². The van der Waals surface area contributed by atoms with E-state index in [1.54, 1.807) is 0 Å². The number of benzene rings is 1. The molecular formula is C23H30ClN3O2. The molecule has 2 atom stereocenters. The van der Waals surface area contributed by atoms with Gasteiger partial charge in [0.2, 0.25) is 0 Å². The fourth-order valence-electron chi connectivity index (χ4n) is 4.82. The normalized spacial score (nSPS) is 23.4. The SMILES string of the molecule is Cc1cc(C(=O)N2CCC(C3CC(N)CCO3)CC2)c(C)n1-c1cccc(Cl)c1. The zero-order valence-corrected chi connectivity index (χ0v) is 18.0. The van der Waals surface area contributed by atoms with E-state index in [-0.39, 0.29) is 18.1 Å². The van der Waals surface area contributed by atoms with Crippen molar-refractivity contribution in [1.29, 1.82) is 0 Å². The monoisotopic (exact) mass is 415 g/mol. The Labute approximate surface area is 177 Å². The summed E-state index contributed by atoms with van der Waals surface area (Å²) in [4.78, 5) is 15.2. The first-order chi connectivity index (χ1) is 13.9. The number of nitrogens with zero attached hydrogens (tertiary/aromatic N) is 2. The topological polar surface area (TPSA) is 60.5 Å². The number of nitrogens with two attached hydrogens (primary N) is 1. The minimum Gasteiger partial charge on any atom is -0.378 e. The maximum Gasteiger partial charge on any atom is 0.255 e. The van der Waals surface area contributed by atoms with Gasteiger partial charge in [0.05, 0.1) is 11.7 Å². The highest BCUT2D eigenvalue weighted by Crippen LogP contribution is 2.30. The Bertz CT molecular complexity index is 886. The second-order valence-corrected chi connectivity index (χ2v) is 8.86. The highest BCUT2D eigenvalue weighted by molar-refractivity contribution is 6.30. The molecule has 2 fully saturated rings. The Hall–Kier alpha value is -1.82. The number of likely N-dealkylation sites (tertiary alicyclic amines) is 1. The Balaban J connectivity index is 1.46. The zero-order valence-electron chi connectivity index (χ0n) is 17.2. The van der Waals surface area contributed by atoms with Gasteiger partial charge >= 0.3 is 0 Å². The summed E-state index contributed by atoms with van der Waals surface area (Å²) < 4.78 is 8.07. The van der Waals surface area contributed by atoms with E-state index in [9.17, 15) is 4.79 Å². The number of aromatic nitrogens is 1. The summed E-state index contributed by atoms with van der Waals surface area (Å²) >= 11 is 6.17. The molecule has 0 radical (unpaired) electrons. The van der Waals surface area contributed by atoms with Crippen LogP contribution in [0.3, 0.4) is 0 Å². The first-order valence-corrected chi connectivity index (χ1v) is 10.9. The summed E-state index contributed by atoms with van der Waals surface area (Å²) in [7, 11) is 0. The van der Waals surface area contributed by atoms with Crippen molar-refractivity contribution in [2.24, 2.45) is 11.7 Å². The van der Waals surface area contributed by atoms with Crippen LogP contribution in [-0.4, -0.2) is 47.2 Å². The molecule has 2 aliphatic rings. The standard InChI is InChI=1S/C23H30ClN3O2/c1-15-12-21(16(2)27(15)20-5-3-4-18(24)13-20)23(28)26-9-6-17(7-10-26)22-14-19(25)8-11-29-22/h3-5,12-13,17,19,22H,6-11,14,25H2,1-2H3.